The van der Waals surface area contributed by atoms with E-state index in [0.717, 1.165) is 17.0 Å². The van der Waals surface area contributed by atoms with Gasteiger partial charge in [0.05, 0.1) is 38.9 Å². The van der Waals surface area contributed by atoms with Gasteiger partial charge in [-0.15, -0.1) is 0 Å². The van der Waals surface area contributed by atoms with Gasteiger partial charge in [0.1, 0.15) is 6.04 Å². The van der Waals surface area contributed by atoms with E-state index >= 15 is 0 Å². The Kier molecular flexibility index (Phi) is 5.98. The number of imidazole rings is 1. The van der Waals surface area contributed by atoms with Crippen LogP contribution in [-0.4, -0.2) is 54.7 Å². The summed E-state index contributed by atoms with van der Waals surface area (Å²) in [6.45, 7) is 0.461. The summed E-state index contributed by atoms with van der Waals surface area (Å²) in [6, 6.07) is 11.4. The van der Waals surface area contributed by atoms with Gasteiger partial charge in [0, 0.05) is 29.9 Å². The molecule has 1 aromatic heterocycles. The van der Waals surface area contributed by atoms with E-state index < -0.39 is 12.0 Å². The molecule has 9 nitrogen and oxygen atoms in total. The molecule has 0 spiro atoms. The van der Waals surface area contributed by atoms with Crippen LogP contribution in [-0.2, 0) is 11.2 Å². The molecule has 2 aromatic carbocycles. The maximum Gasteiger partial charge on any atom is 0.337 e. The lowest BCUT2D eigenvalue weighted by Crippen LogP contribution is -2.43. The number of nitrogens with one attached hydrogen (secondary N) is 2. The smallest absolute Gasteiger partial charge is 0.337 e. The highest BCUT2D eigenvalue weighted by molar-refractivity contribution is 5.94. The highest BCUT2D eigenvalue weighted by Gasteiger charge is 2.36. The zero-order chi connectivity index (χ0) is 22.7. The van der Waals surface area contributed by atoms with Crippen molar-refractivity contribution in [2.45, 2.75) is 12.5 Å². The zero-order valence-electron chi connectivity index (χ0n) is 18.0. The normalized spacial score (nSPS) is 15.0. The summed E-state index contributed by atoms with van der Waals surface area (Å²) in [5.41, 5.74) is 3.32. The van der Waals surface area contributed by atoms with Crippen molar-refractivity contribution in [2.75, 3.05) is 33.2 Å². The first kappa shape index (κ1) is 21.2. The Morgan fingerprint density at radius 2 is 1.94 bits per heavy atom. The first-order valence-electron chi connectivity index (χ1n) is 10.1. The molecule has 0 saturated carbocycles. The number of rotatable bonds is 5. The molecule has 166 valence electrons. The fourth-order valence-corrected chi connectivity index (χ4v) is 3.97. The average molecular weight is 436 g/mol. The number of fused-ring (bicyclic) bond motifs is 1. The number of hydrogen-bond acceptors (Lipinski definition) is 6. The highest BCUT2D eigenvalue weighted by Crippen LogP contribution is 2.42. The molecule has 0 fully saturated rings. The van der Waals surface area contributed by atoms with Gasteiger partial charge in [-0.3, -0.25) is 0 Å². The Morgan fingerprint density at radius 3 is 2.69 bits per heavy atom. The van der Waals surface area contributed by atoms with Crippen molar-refractivity contribution in [3.05, 3.63) is 71.3 Å². The number of aromatic nitrogens is 2. The van der Waals surface area contributed by atoms with Gasteiger partial charge in [0.25, 0.3) is 0 Å². The Balaban J connectivity index is 1.71. The Hall–Kier alpha value is -4.01. The van der Waals surface area contributed by atoms with Crippen molar-refractivity contribution >= 4 is 17.7 Å². The Labute approximate surface area is 185 Å². The minimum atomic E-state index is -0.487. The SMILES string of the molecule is COC(=O)c1cccc(NC(=O)N2CCc3[nH]cnc3[C@@H]2c2cccc(OC)c2OC)c1. The van der Waals surface area contributed by atoms with E-state index in [1.165, 1.54) is 7.11 Å². The number of hydrogen-bond donors (Lipinski definition) is 2. The van der Waals surface area contributed by atoms with E-state index in [9.17, 15) is 9.59 Å². The van der Waals surface area contributed by atoms with E-state index in [0.29, 0.717) is 35.7 Å². The molecular formula is C23H24N4O5. The van der Waals surface area contributed by atoms with Crippen molar-refractivity contribution in [2.24, 2.45) is 0 Å². The number of aromatic amines is 1. The molecule has 1 aliphatic rings. The third kappa shape index (κ3) is 3.84. The van der Waals surface area contributed by atoms with Gasteiger partial charge >= 0.3 is 12.0 Å². The van der Waals surface area contributed by atoms with Crippen molar-refractivity contribution in [1.82, 2.24) is 14.9 Å². The number of nitrogens with zero attached hydrogens (tertiary/aromatic N) is 2. The van der Waals surface area contributed by atoms with Gasteiger partial charge in [-0.2, -0.15) is 0 Å². The summed E-state index contributed by atoms with van der Waals surface area (Å²) in [6.07, 6.45) is 2.26. The van der Waals surface area contributed by atoms with E-state index in [1.54, 1.807) is 55.8 Å². The van der Waals surface area contributed by atoms with Gasteiger partial charge in [0.2, 0.25) is 0 Å². The third-order valence-corrected chi connectivity index (χ3v) is 5.45. The minimum Gasteiger partial charge on any atom is -0.493 e. The van der Waals surface area contributed by atoms with Gasteiger partial charge in [-0.05, 0) is 24.3 Å². The fraction of sp³-hybridized carbons (Fsp3) is 0.261. The van der Waals surface area contributed by atoms with Gasteiger partial charge in [-0.25, -0.2) is 14.6 Å². The summed E-state index contributed by atoms with van der Waals surface area (Å²) >= 11 is 0. The molecule has 0 saturated heterocycles. The van der Waals surface area contributed by atoms with Crippen molar-refractivity contribution in [3.8, 4) is 11.5 Å². The van der Waals surface area contributed by atoms with Crippen molar-refractivity contribution in [3.63, 3.8) is 0 Å². The lowest BCUT2D eigenvalue weighted by molar-refractivity contribution is 0.0600. The molecule has 32 heavy (non-hydrogen) atoms. The summed E-state index contributed by atoms with van der Waals surface area (Å²) in [5.74, 6) is 0.638. The second-order valence-corrected chi connectivity index (χ2v) is 7.20. The van der Waals surface area contributed by atoms with E-state index in [4.69, 9.17) is 14.2 Å². The lowest BCUT2D eigenvalue weighted by atomic mass is 9.95. The number of methoxy groups -OCH3 is 3. The van der Waals surface area contributed by atoms with Crippen LogP contribution in [0.15, 0.2) is 48.8 Å². The Morgan fingerprint density at radius 1 is 1.12 bits per heavy atom. The van der Waals surface area contributed by atoms with Gasteiger partial charge < -0.3 is 29.4 Å². The van der Waals surface area contributed by atoms with Crippen LogP contribution in [0, 0.1) is 0 Å². The number of H-pyrrole nitrogens is 1. The van der Waals surface area contributed by atoms with Crippen LogP contribution in [0.4, 0.5) is 10.5 Å². The zero-order valence-corrected chi connectivity index (χ0v) is 18.0. The monoisotopic (exact) mass is 436 g/mol. The number of carbonyl (C=O) groups is 2. The second-order valence-electron chi connectivity index (χ2n) is 7.20. The summed E-state index contributed by atoms with van der Waals surface area (Å²) in [5, 5.41) is 2.89. The number of esters is 1. The molecule has 2 amide bonds. The van der Waals surface area contributed by atoms with E-state index in [-0.39, 0.29) is 6.03 Å². The quantitative estimate of drug-likeness (QED) is 0.594. The standard InChI is InChI=1S/C23H24N4O5/c1-30-18-9-5-8-16(21(18)31-2)20-19-17(24-13-25-19)10-11-27(20)23(29)26-15-7-4-6-14(12-15)22(28)32-3/h4-9,12-13,20H,10-11H2,1-3H3,(H,24,25)(H,26,29)/t20-/m0/s1. The molecule has 3 aromatic rings. The first-order chi connectivity index (χ1) is 15.6. The maximum atomic E-state index is 13.4. The number of benzene rings is 2. The molecule has 0 aliphatic carbocycles. The molecule has 0 unspecified atom stereocenters. The number of ether oxygens (including phenoxy) is 3. The molecule has 1 atom stereocenters. The van der Waals surface area contributed by atoms with Crippen LogP contribution in [0.1, 0.15) is 33.4 Å². The molecule has 0 bridgehead atoms. The van der Waals surface area contributed by atoms with Gasteiger partial charge in [0.15, 0.2) is 11.5 Å². The molecule has 0 radical (unpaired) electrons. The minimum absolute atomic E-state index is 0.324. The van der Waals surface area contributed by atoms with Crippen LogP contribution in [0.25, 0.3) is 0 Å². The van der Waals surface area contributed by atoms with Crippen LogP contribution in [0.3, 0.4) is 0 Å². The molecule has 9 heteroatoms. The van der Waals surface area contributed by atoms with E-state index in [1.807, 2.05) is 12.1 Å². The predicted molar refractivity (Wildman–Crippen MR) is 117 cm³/mol. The largest absolute Gasteiger partial charge is 0.493 e. The number of anilines is 1. The van der Waals surface area contributed by atoms with Crippen LogP contribution >= 0.6 is 0 Å². The van der Waals surface area contributed by atoms with Crippen molar-refractivity contribution < 1.29 is 23.8 Å². The average Bonchev–Trinajstić information content (AvgIpc) is 3.31. The topological polar surface area (TPSA) is 106 Å². The first-order valence-corrected chi connectivity index (χ1v) is 10.1. The van der Waals surface area contributed by atoms with Crippen LogP contribution in [0.5, 0.6) is 11.5 Å². The van der Waals surface area contributed by atoms with Crippen LogP contribution in [0.2, 0.25) is 0 Å². The second kappa shape index (κ2) is 9.01. The van der Waals surface area contributed by atoms with Crippen LogP contribution < -0.4 is 14.8 Å². The number of para-hydroxylation sites is 1. The number of urea groups is 1. The molecule has 2 heterocycles. The highest BCUT2D eigenvalue weighted by atomic mass is 16.5. The molecule has 4 rings (SSSR count). The lowest BCUT2D eigenvalue weighted by Gasteiger charge is -2.36. The summed E-state index contributed by atoms with van der Waals surface area (Å²) in [7, 11) is 4.45. The Bertz CT molecular complexity index is 1140. The number of carbonyl (C=O) groups excluding carboxylic acids is 2. The number of amides is 2. The molecule has 2 N–H and O–H groups in total. The third-order valence-electron chi connectivity index (χ3n) is 5.45. The maximum absolute atomic E-state index is 13.4. The molecule has 1 aliphatic heterocycles. The van der Waals surface area contributed by atoms with Gasteiger partial charge in [-0.1, -0.05) is 18.2 Å². The van der Waals surface area contributed by atoms with Crippen molar-refractivity contribution in [1.29, 1.82) is 0 Å². The predicted octanol–water partition coefficient (Wildman–Crippen LogP) is 3.39. The summed E-state index contributed by atoms with van der Waals surface area (Å²) in [4.78, 5) is 34.6. The summed E-state index contributed by atoms with van der Waals surface area (Å²) < 4.78 is 15.9. The fourth-order valence-electron chi connectivity index (χ4n) is 3.97. The van der Waals surface area contributed by atoms with E-state index in [2.05, 4.69) is 15.3 Å². The molecular weight excluding hydrogens is 412 g/mol.